The summed E-state index contributed by atoms with van der Waals surface area (Å²) in [6.45, 7) is 1.67. The number of rotatable bonds is 2. The molecule has 0 radical (unpaired) electrons. The van der Waals surface area contributed by atoms with Gasteiger partial charge in [0.1, 0.15) is 0 Å². The Hall–Kier alpha value is -0.450. The van der Waals surface area contributed by atoms with Gasteiger partial charge in [-0.1, -0.05) is 0 Å². The lowest BCUT2D eigenvalue weighted by molar-refractivity contribution is 0.148. The standard InChI is InChI=1S/C8H12N2OS/c11-8-4-9-2-6(8)1-7-3-10-5-12-7/h3,5-6,8-9,11H,1-2,4H2. The van der Waals surface area contributed by atoms with Crippen LogP contribution in [-0.2, 0) is 6.42 Å². The van der Waals surface area contributed by atoms with Crippen LogP contribution in [0.2, 0.25) is 0 Å². The highest BCUT2D eigenvalue weighted by atomic mass is 32.1. The molecule has 0 bridgehead atoms. The first-order valence-corrected chi connectivity index (χ1v) is 5.00. The van der Waals surface area contributed by atoms with Crippen molar-refractivity contribution < 1.29 is 5.11 Å². The molecular formula is C8H12N2OS. The molecule has 1 aliphatic heterocycles. The van der Waals surface area contributed by atoms with Gasteiger partial charge in [-0.15, -0.1) is 11.3 Å². The lowest BCUT2D eigenvalue weighted by Crippen LogP contribution is -2.19. The summed E-state index contributed by atoms with van der Waals surface area (Å²) < 4.78 is 0. The second-order valence-electron chi connectivity index (χ2n) is 3.16. The van der Waals surface area contributed by atoms with Crippen LogP contribution in [0, 0.1) is 5.92 Å². The number of nitrogens with zero attached hydrogens (tertiary/aromatic N) is 1. The van der Waals surface area contributed by atoms with Gasteiger partial charge >= 0.3 is 0 Å². The SMILES string of the molecule is OC1CNCC1Cc1cncs1. The average molecular weight is 184 g/mol. The summed E-state index contributed by atoms with van der Waals surface area (Å²) in [7, 11) is 0. The molecule has 0 amide bonds. The first kappa shape index (κ1) is 8.16. The fourth-order valence-electron chi connectivity index (χ4n) is 1.53. The molecule has 1 saturated heterocycles. The van der Waals surface area contributed by atoms with Crippen LogP contribution in [-0.4, -0.2) is 29.3 Å². The molecule has 4 heteroatoms. The van der Waals surface area contributed by atoms with Crippen molar-refractivity contribution in [3.8, 4) is 0 Å². The van der Waals surface area contributed by atoms with Gasteiger partial charge < -0.3 is 10.4 Å². The van der Waals surface area contributed by atoms with Crippen LogP contribution < -0.4 is 5.32 Å². The molecule has 0 saturated carbocycles. The second-order valence-corrected chi connectivity index (χ2v) is 4.13. The summed E-state index contributed by atoms with van der Waals surface area (Å²) in [6.07, 6.45) is 2.67. The molecule has 0 aliphatic carbocycles. The largest absolute Gasteiger partial charge is 0.391 e. The number of aliphatic hydroxyl groups excluding tert-OH is 1. The molecule has 0 spiro atoms. The maximum absolute atomic E-state index is 9.51. The average Bonchev–Trinajstić information content (AvgIpc) is 2.65. The van der Waals surface area contributed by atoms with Gasteiger partial charge in [0.05, 0.1) is 11.6 Å². The molecule has 12 heavy (non-hydrogen) atoms. The summed E-state index contributed by atoms with van der Waals surface area (Å²) in [6, 6.07) is 0. The van der Waals surface area contributed by atoms with Crippen LogP contribution in [0.15, 0.2) is 11.7 Å². The topological polar surface area (TPSA) is 45.1 Å². The molecule has 66 valence electrons. The summed E-state index contributed by atoms with van der Waals surface area (Å²) in [5, 5.41) is 12.7. The third-order valence-corrected chi connectivity index (χ3v) is 3.05. The van der Waals surface area contributed by atoms with E-state index >= 15 is 0 Å². The van der Waals surface area contributed by atoms with E-state index in [2.05, 4.69) is 10.3 Å². The van der Waals surface area contributed by atoms with Crippen molar-refractivity contribution in [2.75, 3.05) is 13.1 Å². The van der Waals surface area contributed by atoms with E-state index in [0.29, 0.717) is 5.92 Å². The van der Waals surface area contributed by atoms with Gasteiger partial charge in [0.2, 0.25) is 0 Å². The van der Waals surface area contributed by atoms with Crippen molar-refractivity contribution in [2.24, 2.45) is 5.92 Å². The van der Waals surface area contributed by atoms with E-state index in [1.54, 1.807) is 11.3 Å². The van der Waals surface area contributed by atoms with E-state index in [0.717, 1.165) is 19.5 Å². The highest BCUT2D eigenvalue weighted by Gasteiger charge is 2.25. The quantitative estimate of drug-likeness (QED) is 0.693. The van der Waals surface area contributed by atoms with Crippen molar-refractivity contribution >= 4 is 11.3 Å². The molecule has 1 aliphatic rings. The van der Waals surface area contributed by atoms with Crippen LogP contribution in [0.3, 0.4) is 0 Å². The van der Waals surface area contributed by atoms with Crippen molar-refractivity contribution in [3.63, 3.8) is 0 Å². The van der Waals surface area contributed by atoms with Gasteiger partial charge in [0, 0.05) is 30.1 Å². The predicted octanol–water partition coefficient (Wildman–Crippen LogP) is 0.266. The fraction of sp³-hybridized carbons (Fsp3) is 0.625. The molecule has 1 aromatic heterocycles. The van der Waals surface area contributed by atoms with Crippen LogP contribution in [0.25, 0.3) is 0 Å². The van der Waals surface area contributed by atoms with E-state index in [1.807, 2.05) is 11.7 Å². The van der Waals surface area contributed by atoms with Crippen molar-refractivity contribution in [1.29, 1.82) is 0 Å². The predicted molar refractivity (Wildman–Crippen MR) is 48.2 cm³/mol. The minimum Gasteiger partial charge on any atom is -0.391 e. The Bertz CT molecular complexity index is 237. The van der Waals surface area contributed by atoms with E-state index in [1.165, 1.54) is 4.88 Å². The van der Waals surface area contributed by atoms with Crippen molar-refractivity contribution in [1.82, 2.24) is 10.3 Å². The molecule has 1 aromatic rings. The number of hydrogen-bond donors (Lipinski definition) is 2. The summed E-state index contributed by atoms with van der Waals surface area (Å²) in [5.74, 6) is 0.380. The Morgan fingerprint density at radius 2 is 2.58 bits per heavy atom. The molecule has 1 fully saturated rings. The lowest BCUT2D eigenvalue weighted by Gasteiger charge is -2.10. The number of thiazole rings is 1. The third kappa shape index (κ3) is 1.65. The maximum atomic E-state index is 9.51. The summed E-state index contributed by atoms with van der Waals surface area (Å²) in [5.41, 5.74) is 1.84. The van der Waals surface area contributed by atoms with E-state index in [-0.39, 0.29) is 6.10 Å². The molecule has 2 rings (SSSR count). The van der Waals surface area contributed by atoms with Gasteiger partial charge in [-0.2, -0.15) is 0 Å². The Labute approximate surface area is 75.5 Å². The Morgan fingerprint density at radius 1 is 1.67 bits per heavy atom. The molecule has 2 heterocycles. The first-order chi connectivity index (χ1) is 5.86. The van der Waals surface area contributed by atoms with Gasteiger partial charge in [-0.05, 0) is 6.42 Å². The number of hydrogen-bond acceptors (Lipinski definition) is 4. The normalized spacial score (nSPS) is 29.4. The highest BCUT2D eigenvalue weighted by molar-refractivity contribution is 7.09. The minimum atomic E-state index is -0.174. The minimum absolute atomic E-state index is 0.174. The zero-order valence-corrected chi connectivity index (χ0v) is 7.55. The van der Waals surface area contributed by atoms with Crippen LogP contribution in [0.4, 0.5) is 0 Å². The summed E-state index contributed by atoms with van der Waals surface area (Å²) >= 11 is 1.66. The van der Waals surface area contributed by atoms with Crippen LogP contribution >= 0.6 is 11.3 Å². The van der Waals surface area contributed by atoms with E-state index < -0.39 is 0 Å². The number of β-amino-alcohol motifs (C(OH)–C–C–N with tert-alkyl or cyclic N) is 1. The van der Waals surface area contributed by atoms with Gasteiger partial charge in [-0.25, -0.2) is 0 Å². The number of aliphatic hydroxyl groups is 1. The van der Waals surface area contributed by atoms with Gasteiger partial charge in [0.15, 0.2) is 0 Å². The molecular weight excluding hydrogens is 172 g/mol. The Kier molecular flexibility index (Phi) is 2.39. The third-order valence-electron chi connectivity index (χ3n) is 2.25. The number of nitrogens with one attached hydrogen (secondary N) is 1. The zero-order chi connectivity index (χ0) is 8.39. The molecule has 2 atom stereocenters. The monoisotopic (exact) mass is 184 g/mol. The first-order valence-electron chi connectivity index (χ1n) is 4.12. The van der Waals surface area contributed by atoms with Gasteiger partial charge in [0.25, 0.3) is 0 Å². The molecule has 2 unspecified atom stereocenters. The van der Waals surface area contributed by atoms with Gasteiger partial charge in [-0.3, -0.25) is 4.98 Å². The smallest absolute Gasteiger partial charge is 0.0794 e. The Balaban J connectivity index is 1.95. The fourth-order valence-corrected chi connectivity index (χ4v) is 2.22. The zero-order valence-electron chi connectivity index (χ0n) is 6.73. The van der Waals surface area contributed by atoms with Crippen LogP contribution in [0.5, 0.6) is 0 Å². The Morgan fingerprint density at radius 3 is 3.17 bits per heavy atom. The number of aromatic nitrogens is 1. The molecule has 3 nitrogen and oxygen atoms in total. The molecule has 0 aromatic carbocycles. The van der Waals surface area contributed by atoms with Crippen LogP contribution in [0.1, 0.15) is 4.88 Å². The van der Waals surface area contributed by atoms with E-state index in [4.69, 9.17) is 0 Å². The lowest BCUT2D eigenvalue weighted by atomic mass is 10.0. The van der Waals surface area contributed by atoms with Crippen molar-refractivity contribution in [2.45, 2.75) is 12.5 Å². The maximum Gasteiger partial charge on any atom is 0.0794 e. The highest BCUT2D eigenvalue weighted by Crippen LogP contribution is 2.17. The van der Waals surface area contributed by atoms with E-state index in [9.17, 15) is 5.11 Å². The van der Waals surface area contributed by atoms with Crippen molar-refractivity contribution in [3.05, 3.63) is 16.6 Å². The second kappa shape index (κ2) is 3.51. The molecule has 2 N–H and O–H groups in total. The summed E-state index contributed by atoms with van der Waals surface area (Å²) in [4.78, 5) is 5.27.